The van der Waals surface area contributed by atoms with Crippen molar-refractivity contribution in [2.75, 3.05) is 5.32 Å². The maximum Gasteiger partial charge on any atom is 0.208 e. The van der Waals surface area contributed by atoms with E-state index in [4.69, 9.17) is 15.7 Å². The molecule has 2 heterocycles. The van der Waals surface area contributed by atoms with Crippen LogP contribution in [0.3, 0.4) is 0 Å². The van der Waals surface area contributed by atoms with Crippen LogP contribution in [0.25, 0.3) is 16.7 Å². The van der Waals surface area contributed by atoms with Gasteiger partial charge in [0.05, 0.1) is 0 Å². The third-order valence-electron chi connectivity index (χ3n) is 8.13. The summed E-state index contributed by atoms with van der Waals surface area (Å²) in [6, 6.07) is 10.4. The predicted molar refractivity (Wildman–Crippen MR) is 144 cm³/mol. The SMILES string of the molecule is C=C(c1ccccc1)c1nc2nc(/C(N)=N/O)nc(N[C@H](C)C3CCC3)c2n1C[C@H]1CC[C@H](C)CC1. The van der Waals surface area contributed by atoms with Crippen molar-refractivity contribution >= 4 is 28.4 Å². The largest absolute Gasteiger partial charge is 0.409 e. The minimum Gasteiger partial charge on any atom is -0.409 e. The van der Waals surface area contributed by atoms with E-state index in [-0.39, 0.29) is 17.7 Å². The molecule has 1 aromatic carbocycles. The lowest BCUT2D eigenvalue weighted by molar-refractivity contribution is 0.266. The number of aromatic nitrogens is 4. The molecule has 2 fully saturated rings. The molecule has 2 aliphatic carbocycles. The second-order valence-electron chi connectivity index (χ2n) is 10.7. The van der Waals surface area contributed by atoms with Gasteiger partial charge < -0.3 is 20.8 Å². The maximum atomic E-state index is 9.33. The third-order valence-corrected chi connectivity index (χ3v) is 8.13. The lowest BCUT2D eigenvalue weighted by Crippen LogP contribution is -2.32. The summed E-state index contributed by atoms with van der Waals surface area (Å²) >= 11 is 0. The first kappa shape index (κ1) is 24.3. The highest BCUT2D eigenvalue weighted by Gasteiger charge is 2.28. The van der Waals surface area contributed by atoms with Crippen LogP contribution in [0.2, 0.25) is 0 Å². The lowest BCUT2D eigenvalue weighted by atomic mass is 9.80. The highest BCUT2D eigenvalue weighted by Crippen LogP contribution is 2.36. The Morgan fingerprint density at radius 1 is 1.14 bits per heavy atom. The van der Waals surface area contributed by atoms with E-state index in [0.29, 0.717) is 23.3 Å². The van der Waals surface area contributed by atoms with Gasteiger partial charge in [-0.15, -0.1) is 0 Å². The van der Waals surface area contributed by atoms with Gasteiger partial charge in [0.25, 0.3) is 0 Å². The van der Waals surface area contributed by atoms with Crippen LogP contribution in [0, 0.1) is 17.8 Å². The lowest BCUT2D eigenvalue weighted by Gasteiger charge is -2.32. The summed E-state index contributed by atoms with van der Waals surface area (Å²) in [6.07, 6.45) is 8.59. The summed E-state index contributed by atoms with van der Waals surface area (Å²) in [6.45, 7) is 9.81. The number of rotatable bonds is 8. The Kier molecular flexibility index (Phi) is 6.94. The monoisotopic (exact) mass is 487 g/mol. The highest BCUT2D eigenvalue weighted by molar-refractivity contribution is 5.97. The molecule has 2 aromatic heterocycles. The van der Waals surface area contributed by atoms with Crippen LogP contribution in [-0.2, 0) is 6.54 Å². The molecule has 1 atom stereocenters. The van der Waals surface area contributed by atoms with Gasteiger partial charge in [0.15, 0.2) is 11.5 Å². The zero-order valence-corrected chi connectivity index (χ0v) is 21.3. The number of amidine groups is 1. The van der Waals surface area contributed by atoms with Gasteiger partial charge in [0, 0.05) is 18.2 Å². The first-order chi connectivity index (χ1) is 17.4. The minimum absolute atomic E-state index is 0.129. The molecular weight excluding hydrogens is 450 g/mol. The molecule has 0 radical (unpaired) electrons. The number of benzene rings is 1. The number of nitrogens with one attached hydrogen (secondary N) is 1. The van der Waals surface area contributed by atoms with Gasteiger partial charge in [0.2, 0.25) is 11.7 Å². The number of anilines is 1. The molecule has 8 nitrogen and oxygen atoms in total. The topological polar surface area (TPSA) is 114 Å². The van der Waals surface area contributed by atoms with Gasteiger partial charge in [-0.2, -0.15) is 0 Å². The number of hydrogen-bond acceptors (Lipinski definition) is 6. The van der Waals surface area contributed by atoms with Crippen LogP contribution in [0.4, 0.5) is 5.82 Å². The summed E-state index contributed by atoms with van der Waals surface area (Å²) in [4.78, 5) is 14.3. The summed E-state index contributed by atoms with van der Waals surface area (Å²) in [5.41, 5.74) is 9.20. The molecule has 190 valence electrons. The van der Waals surface area contributed by atoms with Crippen LogP contribution in [0.15, 0.2) is 42.1 Å². The fourth-order valence-corrected chi connectivity index (χ4v) is 5.52. The van der Waals surface area contributed by atoms with E-state index in [0.717, 1.165) is 34.9 Å². The van der Waals surface area contributed by atoms with Crippen molar-refractivity contribution in [2.45, 2.75) is 71.4 Å². The van der Waals surface area contributed by atoms with Crippen molar-refractivity contribution in [1.82, 2.24) is 19.5 Å². The van der Waals surface area contributed by atoms with Crippen molar-refractivity contribution < 1.29 is 5.21 Å². The van der Waals surface area contributed by atoms with Crippen LogP contribution in [0.5, 0.6) is 0 Å². The van der Waals surface area contributed by atoms with Crippen LogP contribution in [0.1, 0.15) is 76.0 Å². The molecule has 2 saturated carbocycles. The fraction of sp³-hybridized carbons (Fsp3) is 0.500. The summed E-state index contributed by atoms with van der Waals surface area (Å²) < 4.78 is 2.26. The number of nitrogens with two attached hydrogens (primary N) is 1. The van der Waals surface area contributed by atoms with Gasteiger partial charge in [-0.3, -0.25) is 0 Å². The molecule has 3 aromatic rings. The first-order valence-corrected chi connectivity index (χ1v) is 13.2. The highest BCUT2D eigenvalue weighted by atomic mass is 16.4. The van der Waals surface area contributed by atoms with Crippen molar-refractivity contribution in [3.05, 3.63) is 54.1 Å². The van der Waals surface area contributed by atoms with E-state index >= 15 is 0 Å². The fourth-order valence-electron chi connectivity index (χ4n) is 5.52. The Balaban J connectivity index is 1.64. The van der Waals surface area contributed by atoms with Gasteiger partial charge in [-0.1, -0.05) is 68.3 Å². The molecule has 36 heavy (non-hydrogen) atoms. The Morgan fingerprint density at radius 2 is 1.86 bits per heavy atom. The van der Waals surface area contributed by atoms with Crippen LogP contribution >= 0.6 is 0 Å². The van der Waals surface area contributed by atoms with Crippen molar-refractivity contribution in [2.24, 2.45) is 28.6 Å². The molecule has 0 unspecified atom stereocenters. The third kappa shape index (κ3) is 4.81. The molecule has 2 aliphatic rings. The molecule has 8 heteroatoms. The second kappa shape index (κ2) is 10.3. The summed E-state index contributed by atoms with van der Waals surface area (Å²) in [7, 11) is 0. The van der Waals surface area contributed by atoms with Crippen LogP contribution < -0.4 is 11.1 Å². The zero-order chi connectivity index (χ0) is 25.2. The molecule has 0 spiro atoms. The van der Waals surface area contributed by atoms with E-state index in [9.17, 15) is 5.21 Å². The van der Waals surface area contributed by atoms with Crippen LogP contribution in [-0.4, -0.2) is 36.6 Å². The smallest absolute Gasteiger partial charge is 0.208 e. The molecular formula is C28H37N7O. The van der Waals surface area contributed by atoms with E-state index < -0.39 is 0 Å². The number of fused-ring (bicyclic) bond motifs is 1. The van der Waals surface area contributed by atoms with Gasteiger partial charge in [-0.05, 0) is 55.9 Å². The summed E-state index contributed by atoms with van der Waals surface area (Å²) in [5.74, 6) is 3.47. The molecule has 0 aliphatic heterocycles. The first-order valence-electron chi connectivity index (χ1n) is 13.2. The molecule has 5 rings (SSSR count). The maximum absolute atomic E-state index is 9.33. The van der Waals surface area contributed by atoms with Crippen molar-refractivity contribution in [3.8, 4) is 0 Å². The van der Waals surface area contributed by atoms with Gasteiger partial charge >= 0.3 is 0 Å². The van der Waals surface area contributed by atoms with Crippen molar-refractivity contribution in [1.29, 1.82) is 0 Å². The standard InChI is InChI=1S/C28H37N7O/c1-17-12-14-20(15-13-17)16-35-23-25(30-19(3)22-10-7-11-22)31-27(24(29)34-36)32-26(23)33-28(35)18(2)21-8-5-4-6-9-21/h4-6,8-9,17,19-20,22,36H,2,7,10-16H2,1,3H3,(H2,29,34)(H,30,31,32)/t17-,19-,20-/m1/s1. The quantitative estimate of drug-likeness (QED) is 0.169. The Labute approximate surface area is 212 Å². The Morgan fingerprint density at radius 3 is 2.50 bits per heavy atom. The second-order valence-corrected chi connectivity index (χ2v) is 10.7. The Hall–Kier alpha value is -3.42. The molecule has 0 bridgehead atoms. The minimum atomic E-state index is -0.129. The predicted octanol–water partition coefficient (Wildman–Crippen LogP) is 5.41. The number of oxime groups is 1. The van der Waals surface area contributed by atoms with E-state index in [2.05, 4.69) is 52.6 Å². The molecule has 0 amide bonds. The van der Waals surface area contributed by atoms with Crippen molar-refractivity contribution in [3.63, 3.8) is 0 Å². The average molecular weight is 488 g/mol. The number of imidazole rings is 1. The Bertz CT molecular complexity index is 1250. The van der Waals surface area contributed by atoms with Gasteiger partial charge in [-0.25, -0.2) is 15.0 Å². The average Bonchev–Trinajstić information content (AvgIpc) is 3.22. The van der Waals surface area contributed by atoms with E-state index in [1.54, 1.807) is 0 Å². The van der Waals surface area contributed by atoms with E-state index in [1.165, 1.54) is 44.9 Å². The number of nitrogens with zero attached hydrogens (tertiary/aromatic N) is 5. The molecule has 4 N–H and O–H groups in total. The summed E-state index contributed by atoms with van der Waals surface area (Å²) in [5, 5.41) is 16.1. The van der Waals surface area contributed by atoms with Gasteiger partial charge in [0.1, 0.15) is 11.3 Å². The number of hydrogen-bond donors (Lipinski definition) is 3. The van der Waals surface area contributed by atoms with E-state index in [1.807, 2.05) is 18.2 Å². The normalized spacial score (nSPS) is 21.8. The molecule has 0 saturated heterocycles. The zero-order valence-electron chi connectivity index (χ0n) is 21.3.